The molecule has 0 aliphatic rings. The summed E-state index contributed by atoms with van der Waals surface area (Å²) in [5.74, 6) is 0.747. The van der Waals surface area contributed by atoms with Crippen molar-refractivity contribution in [2.75, 3.05) is 6.54 Å². The van der Waals surface area contributed by atoms with Crippen molar-refractivity contribution in [1.82, 2.24) is 9.97 Å². The summed E-state index contributed by atoms with van der Waals surface area (Å²) in [6.45, 7) is 4.77. The van der Waals surface area contributed by atoms with Crippen molar-refractivity contribution in [3.63, 3.8) is 0 Å². The lowest BCUT2D eigenvalue weighted by atomic mass is 10.2. The Balaban J connectivity index is 1.83. The van der Waals surface area contributed by atoms with Crippen LogP contribution in [-0.4, -0.2) is 16.5 Å². The lowest BCUT2D eigenvalue weighted by Crippen LogP contribution is -3.09. The smallest absolute Gasteiger partial charge is 0.258 e. The van der Waals surface area contributed by atoms with Crippen LogP contribution in [0.3, 0.4) is 0 Å². The summed E-state index contributed by atoms with van der Waals surface area (Å²) in [7, 11) is 0. The third kappa shape index (κ3) is 3.23. The first kappa shape index (κ1) is 14.5. The number of para-hydroxylation sites is 1. The van der Waals surface area contributed by atoms with Crippen LogP contribution in [0.4, 0.5) is 0 Å². The standard InChI is InChI=1S/C18H19N3O/c1-2-21(12-14-8-4-3-5-9-14)13-17-19-16-11-7-6-10-15(16)18(22)20-17/h3-11H,2,12-13H2,1H3,(H,19,20,22)/p+1. The zero-order valence-electron chi connectivity index (χ0n) is 12.7. The van der Waals surface area contributed by atoms with Crippen molar-refractivity contribution < 1.29 is 4.90 Å². The monoisotopic (exact) mass is 294 g/mol. The van der Waals surface area contributed by atoms with Gasteiger partial charge in [0, 0.05) is 5.56 Å². The first-order chi connectivity index (χ1) is 10.8. The van der Waals surface area contributed by atoms with E-state index < -0.39 is 0 Å². The maximum Gasteiger partial charge on any atom is 0.258 e. The highest BCUT2D eigenvalue weighted by Gasteiger charge is 2.11. The molecule has 3 rings (SSSR count). The lowest BCUT2D eigenvalue weighted by Gasteiger charge is -2.17. The minimum atomic E-state index is -0.0595. The average Bonchev–Trinajstić information content (AvgIpc) is 2.55. The number of aromatic amines is 1. The molecular weight excluding hydrogens is 274 g/mol. The van der Waals surface area contributed by atoms with Crippen molar-refractivity contribution >= 4 is 10.9 Å². The number of quaternary nitrogens is 1. The molecule has 0 radical (unpaired) electrons. The molecule has 3 aromatic rings. The Labute approximate surface area is 129 Å². The Hall–Kier alpha value is -2.46. The molecule has 112 valence electrons. The molecule has 1 heterocycles. The summed E-state index contributed by atoms with van der Waals surface area (Å²) in [5.41, 5.74) is 2.00. The van der Waals surface area contributed by atoms with Crippen molar-refractivity contribution in [3.05, 3.63) is 76.3 Å². The summed E-state index contributed by atoms with van der Waals surface area (Å²) in [6.07, 6.45) is 0. The predicted molar refractivity (Wildman–Crippen MR) is 87.7 cm³/mol. The van der Waals surface area contributed by atoms with Crippen LogP contribution in [0, 0.1) is 0 Å². The van der Waals surface area contributed by atoms with Crippen LogP contribution in [0.5, 0.6) is 0 Å². The molecule has 0 bridgehead atoms. The van der Waals surface area contributed by atoms with E-state index in [1.54, 1.807) is 6.07 Å². The Kier molecular flexibility index (Phi) is 4.30. The van der Waals surface area contributed by atoms with Crippen LogP contribution >= 0.6 is 0 Å². The molecule has 0 saturated carbocycles. The van der Waals surface area contributed by atoms with Gasteiger partial charge in [0.2, 0.25) is 0 Å². The highest BCUT2D eigenvalue weighted by atomic mass is 16.1. The summed E-state index contributed by atoms with van der Waals surface area (Å²) in [4.78, 5) is 21.0. The zero-order chi connectivity index (χ0) is 15.4. The third-order valence-corrected chi connectivity index (χ3v) is 3.88. The van der Waals surface area contributed by atoms with Crippen molar-refractivity contribution in [2.24, 2.45) is 0 Å². The van der Waals surface area contributed by atoms with Crippen LogP contribution in [0.25, 0.3) is 10.9 Å². The van der Waals surface area contributed by atoms with Crippen molar-refractivity contribution in [2.45, 2.75) is 20.0 Å². The van der Waals surface area contributed by atoms with Crippen LogP contribution in [0.1, 0.15) is 18.3 Å². The Bertz CT molecular complexity index is 811. The number of aromatic nitrogens is 2. The number of fused-ring (bicyclic) bond motifs is 1. The summed E-state index contributed by atoms with van der Waals surface area (Å²) < 4.78 is 0. The van der Waals surface area contributed by atoms with E-state index in [-0.39, 0.29) is 5.56 Å². The van der Waals surface area contributed by atoms with Gasteiger partial charge in [0.25, 0.3) is 5.56 Å². The van der Waals surface area contributed by atoms with Crippen LogP contribution < -0.4 is 10.5 Å². The largest absolute Gasteiger partial charge is 0.325 e. The van der Waals surface area contributed by atoms with E-state index >= 15 is 0 Å². The molecule has 0 aliphatic heterocycles. The number of rotatable bonds is 5. The first-order valence-electron chi connectivity index (χ1n) is 7.61. The summed E-state index contributed by atoms with van der Waals surface area (Å²) >= 11 is 0. The van der Waals surface area contributed by atoms with Gasteiger partial charge in [-0.05, 0) is 19.1 Å². The zero-order valence-corrected chi connectivity index (χ0v) is 12.7. The number of nitrogens with one attached hydrogen (secondary N) is 2. The fraction of sp³-hybridized carbons (Fsp3) is 0.222. The minimum Gasteiger partial charge on any atom is -0.325 e. The SMILES string of the molecule is CC[NH+](Cc1ccccc1)Cc1nc2ccccc2c(=O)[nH]1. The van der Waals surface area contributed by atoms with E-state index in [9.17, 15) is 4.79 Å². The van der Waals surface area contributed by atoms with Gasteiger partial charge in [-0.1, -0.05) is 42.5 Å². The van der Waals surface area contributed by atoms with Gasteiger partial charge >= 0.3 is 0 Å². The van der Waals surface area contributed by atoms with Gasteiger partial charge in [-0.15, -0.1) is 0 Å². The fourth-order valence-electron chi connectivity index (χ4n) is 2.65. The van der Waals surface area contributed by atoms with E-state index in [2.05, 4.69) is 41.2 Å². The predicted octanol–water partition coefficient (Wildman–Crippen LogP) is 1.53. The number of hydrogen-bond acceptors (Lipinski definition) is 2. The second-order valence-electron chi connectivity index (χ2n) is 5.47. The van der Waals surface area contributed by atoms with E-state index in [1.807, 2.05) is 24.3 Å². The highest BCUT2D eigenvalue weighted by molar-refractivity contribution is 5.77. The van der Waals surface area contributed by atoms with Gasteiger partial charge < -0.3 is 9.88 Å². The average molecular weight is 294 g/mol. The highest BCUT2D eigenvalue weighted by Crippen LogP contribution is 2.05. The van der Waals surface area contributed by atoms with E-state index in [0.29, 0.717) is 11.9 Å². The number of H-pyrrole nitrogens is 1. The third-order valence-electron chi connectivity index (χ3n) is 3.88. The molecule has 2 N–H and O–H groups in total. The molecule has 22 heavy (non-hydrogen) atoms. The summed E-state index contributed by atoms with van der Waals surface area (Å²) in [6, 6.07) is 17.9. The molecule has 1 atom stereocenters. The van der Waals surface area contributed by atoms with Crippen LogP contribution in [0.2, 0.25) is 0 Å². The van der Waals surface area contributed by atoms with Gasteiger partial charge in [-0.3, -0.25) is 4.79 Å². The van der Waals surface area contributed by atoms with Crippen molar-refractivity contribution in [1.29, 1.82) is 0 Å². The molecule has 1 unspecified atom stereocenters. The Morgan fingerprint density at radius 3 is 2.50 bits per heavy atom. The van der Waals surface area contributed by atoms with Crippen molar-refractivity contribution in [3.8, 4) is 0 Å². The quantitative estimate of drug-likeness (QED) is 0.750. The molecule has 0 aliphatic carbocycles. The Morgan fingerprint density at radius 2 is 1.73 bits per heavy atom. The molecule has 0 spiro atoms. The van der Waals surface area contributed by atoms with Gasteiger partial charge in [-0.25, -0.2) is 4.98 Å². The lowest BCUT2D eigenvalue weighted by molar-refractivity contribution is -0.926. The van der Waals surface area contributed by atoms with E-state index in [4.69, 9.17) is 0 Å². The maximum absolute atomic E-state index is 12.1. The van der Waals surface area contributed by atoms with Gasteiger partial charge in [-0.2, -0.15) is 0 Å². The van der Waals surface area contributed by atoms with Gasteiger partial charge in [0.05, 0.1) is 17.4 Å². The molecule has 1 aromatic heterocycles. The first-order valence-corrected chi connectivity index (χ1v) is 7.61. The second kappa shape index (κ2) is 6.54. The van der Waals surface area contributed by atoms with E-state index in [0.717, 1.165) is 24.4 Å². The topological polar surface area (TPSA) is 50.2 Å². The molecule has 0 saturated heterocycles. The van der Waals surface area contributed by atoms with Gasteiger partial charge in [0.15, 0.2) is 5.82 Å². The normalized spacial score (nSPS) is 12.4. The van der Waals surface area contributed by atoms with E-state index in [1.165, 1.54) is 10.5 Å². The molecule has 2 aromatic carbocycles. The Morgan fingerprint density at radius 1 is 1.00 bits per heavy atom. The molecule has 0 amide bonds. The van der Waals surface area contributed by atoms with Crippen LogP contribution in [-0.2, 0) is 13.1 Å². The summed E-state index contributed by atoms with van der Waals surface area (Å²) in [5, 5.41) is 0.646. The number of benzene rings is 2. The van der Waals surface area contributed by atoms with Crippen LogP contribution in [0.15, 0.2) is 59.4 Å². The number of hydrogen-bond donors (Lipinski definition) is 2. The second-order valence-corrected chi connectivity index (χ2v) is 5.47. The van der Waals surface area contributed by atoms with Gasteiger partial charge in [0.1, 0.15) is 13.1 Å². The maximum atomic E-state index is 12.1. The fourth-order valence-corrected chi connectivity index (χ4v) is 2.65. The molecule has 0 fully saturated rings. The molecule has 4 heteroatoms. The minimum absolute atomic E-state index is 0.0595. The molecular formula is C18H20N3O+. The molecule has 4 nitrogen and oxygen atoms in total. The number of nitrogens with zero attached hydrogens (tertiary/aromatic N) is 1.